The van der Waals surface area contributed by atoms with E-state index in [9.17, 15) is 9.59 Å². The van der Waals surface area contributed by atoms with Crippen molar-refractivity contribution in [2.24, 2.45) is 4.99 Å². The molecule has 8 heteroatoms. The molecule has 0 bridgehead atoms. The highest BCUT2D eigenvalue weighted by atomic mass is 79.9. The zero-order valence-electron chi connectivity index (χ0n) is 19.9. The lowest BCUT2D eigenvalue weighted by molar-refractivity contribution is -0.139. The van der Waals surface area contributed by atoms with Crippen molar-refractivity contribution in [3.63, 3.8) is 0 Å². The Kier molecular flexibility index (Phi) is 6.64. The summed E-state index contributed by atoms with van der Waals surface area (Å²) in [4.78, 5) is 32.4. The monoisotopic (exact) mass is 562 g/mol. The first-order valence-corrected chi connectivity index (χ1v) is 13.0. The quantitative estimate of drug-likeness (QED) is 0.330. The largest absolute Gasteiger partial charge is 0.496 e. The second-order valence-electron chi connectivity index (χ2n) is 8.26. The van der Waals surface area contributed by atoms with Crippen molar-refractivity contribution >= 4 is 50.1 Å². The third kappa shape index (κ3) is 4.20. The summed E-state index contributed by atoms with van der Waals surface area (Å²) in [7, 11) is 1.59. The lowest BCUT2D eigenvalue weighted by atomic mass is 9.90. The van der Waals surface area contributed by atoms with E-state index in [0.29, 0.717) is 26.4 Å². The van der Waals surface area contributed by atoms with E-state index in [1.54, 1.807) is 25.5 Å². The second kappa shape index (κ2) is 9.87. The molecular formula is C28H23BrN2O4S. The Morgan fingerprint density at radius 1 is 1.14 bits per heavy atom. The third-order valence-corrected chi connectivity index (χ3v) is 7.62. The van der Waals surface area contributed by atoms with Gasteiger partial charge in [-0.25, -0.2) is 9.79 Å². The van der Waals surface area contributed by atoms with Gasteiger partial charge in [-0.1, -0.05) is 69.7 Å². The molecule has 4 aromatic rings. The average Bonchev–Trinajstić information content (AvgIpc) is 3.18. The lowest BCUT2D eigenvalue weighted by Crippen LogP contribution is -2.40. The van der Waals surface area contributed by atoms with Crippen LogP contribution in [0, 0.1) is 0 Å². The molecule has 1 aliphatic rings. The summed E-state index contributed by atoms with van der Waals surface area (Å²) in [6, 6.07) is 18.7. The number of ether oxygens (including phenoxy) is 2. The highest BCUT2D eigenvalue weighted by molar-refractivity contribution is 9.10. The fourth-order valence-corrected chi connectivity index (χ4v) is 5.82. The van der Waals surface area contributed by atoms with Crippen molar-refractivity contribution in [2.75, 3.05) is 13.7 Å². The molecule has 2 heterocycles. The smallest absolute Gasteiger partial charge is 0.338 e. The van der Waals surface area contributed by atoms with Gasteiger partial charge in [-0.05, 0) is 54.5 Å². The molecule has 6 nitrogen and oxygen atoms in total. The number of methoxy groups -OCH3 is 1. The van der Waals surface area contributed by atoms with Crippen molar-refractivity contribution in [1.29, 1.82) is 0 Å². The van der Waals surface area contributed by atoms with Crippen molar-refractivity contribution < 1.29 is 14.3 Å². The van der Waals surface area contributed by atoms with Crippen LogP contribution in [0.1, 0.15) is 31.0 Å². The molecule has 0 radical (unpaired) electrons. The molecular weight excluding hydrogens is 540 g/mol. The van der Waals surface area contributed by atoms with Crippen LogP contribution >= 0.6 is 27.3 Å². The van der Waals surface area contributed by atoms with Crippen LogP contribution in [0.25, 0.3) is 16.8 Å². The second-order valence-corrected chi connectivity index (χ2v) is 10.2. The van der Waals surface area contributed by atoms with E-state index < -0.39 is 12.0 Å². The number of benzene rings is 3. The Bertz CT molecular complexity index is 1700. The van der Waals surface area contributed by atoms with E-state index in [4.69, 9.17) is 9.47 Å². The number of nitrogens with zero attached hydrogens (tertiary/aromatic N) is 2. The highest BCUT2D eigenvalue weighted by Crippen LogP contribution is 2.40. The Morgan fingerprint density at radius 3 is 2.61 bits per heavy atom. The van der Waals surface area contributed by atoms with Crippen LogP contribution in [0.2, 0.25) is 0 Å². The average molecular weight is 563 g/mol. The standard InChI is InChI=1S/C28H23BrN2O4S/c1-4-35-27(33)23-16(2)30-28-31(26(32)22(36-28)15-17-9-12-19(29)13-10-17)25(23)24-20-8-6-5-7-18(20)11-14-21(24)34-3/h5-15,25H,4H2,1-3H3. The van der Waals surface area contributed by atoms with Crippen LogP contribution in [0.3, 0.4) is 0 Å². The molecule has 182 valence electrons. The van der Waals surface area contributed by atoms with Gasteiger partial charge in [-0.2, -0.15) is 0 Å². The van der Waals surface area contributed by atoms with Crippen molar-refractivity contribution in [2.45, 2.75) is 19.9 Å². The summed E-state index contributed by atoms with van der Waals surface area (Å²) in [5, 5.41) is 1.86. The Hall–Kier alpha value is -3.49. The van der Waals surface area contributed by atoms with Gasteiger partial charge in [0.1, 0.15) is 11.8 Å². The topological polar surface area (TPSA) is 69.9 Å². The summed E-state index contributed by atoms with van der Waals surface area (Å²) >= 11 is 4.74. The van der Waals surface area contributed by atoms with E-state index >= 15 is 0 Å². The van der Waals surface area contributed by atoms with Crippen LogP contribution in [-0.2, 0) is 9.53 Å². The van der Waals surface area contributed by atoms with Gasteiger partial charge in [-0.3, -0.25) is 9.36 Å². The number of fused-ring (bicyclic) bond motifs is 2. The minimum absolute atomic E-state index is 0.211. The third-order valence-electron chi connectivity index (χ3n) is 6.11. The van der Waals surface area contributed by atoms with Crippen LogP contribution in [0.5, 0.6) is 5.75 Å². The first kappa shape index (κ1) is 24.2. The van der Waals surface area contributed by atoms with Gasteiger partial charge in [0.15, 0.2) is 4.80 Å². The number of esters is 1. The molecule has 0 aliphatic carbocycles. The normalized spacial score (nSPS) is 15.6. The molecule has 1 atom stereocenters. The number of rotatable bonds is 5. The Labute approximate surface area is 220 Å². The number of carbonyl (C=O) groups excluding carboxylic acids is 1. The van der Waals surface area contributed by atoms with Crippen LogP contribution < -0.4 is 19.6 Å². The summed E-state index contributed by atoms with van der Waals surface area (Å²) in [5.41, 5.74) is 2.24. The molecule has 5 rings (SSSR count). The van der Waals surface area contributed by atoms with Gasteiger partial charge < -0.3 is 9.47 Å². The summed E-state index contributed by atoms with van der Waals surface area (Å²) in [6.07, 6.45) is 1.84. The molecule has 1 aromatic heterocycles. The maximum atomic E-state index is 13.9. The van der Waals surface area contributed by atoms with Crippen LogP contribution in [0.4, 0.5) is 0 Å². The first-order chi connectivity index (χ1) is 17.4. The molecule has 36 heavy (non-hydrogen) atoms. The number of hydrogen-bond donors (Lipinski definition) is 0. The van der Waals surface area contributed by atoms with Gasteiger partial charge in [0, 0.05) is 10.0 Å². The van der Waals surface area contributed by atoms with Gasteiger partial charge in [0.05, 0.1) is 29.5 Å². The maximum absolute atomic E-state index is 13.9. The van der Waals surface area contributed by atoms with Crippen LogP contribution in [0.15, 0.2) is 86.2 Å². The molecule has 0 fully saturated rings. The predicted molar refractivity (Wildman–Crippen MR) is 145 cm³/mol. The highest BCUT2D eigenvalue weighted by Gasteiger charge is 2.36. The molecule has 0 spiro atoms. The number of thiazole rings is 1. The van der Waals surface area contributed by atoms with Crippen molar-refractivity contribution in [3.05, 3.63) is 107 Å². The van der Waals surface area contributed by atoms with E-state index in [2.05, 4.69) is 20.9 Å². The lowest BCUT2D eigenvalue weighted by Gasteiger charge is -2.27. The number of allylic oxidation sites excluding steroid dienone is 1. The predicted octanol–water partition coefficient (Wildman–Crippen LogP) is 4.72. The molecule has 0 saturated carbocycles. The number of halogens is 1. The number of aromatic nitrogens is 1. The minimum atomic E-state index is -0.756. The van der Waals surface area contributed by atoms with Crippen molar-refractivity contribution in [3.8, 4) is 5.75 Å². The molecule has 0 amide bonds. The molecule has 0 N–H and O–H groups in total. The van der Waals surface area contributed by atoms with E-state index in [-0.39, 0.29) is 12.2 Å². The zero-order valence-corrected chi connectivity index (χ0v) is 22.4. The summed E-state index contributed by atoms with van der Waals surface area (Å²) in [5.74, 6) is 0.0821. The van der Waals surface area contributed by atoms with Gasteiger partial charge >= 0.3 is 5.97 Å². The van der Waals surface area contributed by atoms with E-state index in [0.717, 1.165) is 26.4 Å². The molecule has 1 aliphatic heterocycles. The number of carbonyl (C=O) groups is 1. The minimum Gasteiger partial charge on any atom is -0.496 e. The number of hydrogen-bond acceptors (Lipinski definition) is 6. The van der Waals surface area contributed by atoms with Gasteiger partial charge in [0.25, 0.3) is 5.56 Å². The van der Waals surface area contributed by atoms with Gasteiger partial charge in [0.2, 0.25) is 0 Å². The van der Waals surface area contributed by atoms with E-state index in [1.807, 2.05) is 66.7 Å². The van der Waals surface area contributed by atoms with E-state index in [1.165, 1.54) is 11.3 Å². The zero-order chi connectivity index (χ0) is 25.4. The van der Waals surface area contributed by atoms with Crippen molar-refractivity contribution in [1.82, 2.24) is 4.57 Å². The SMILES string of the molecule is CCOC(=O)C1=C(C)N=c2sc(=Cc3ccc(Br)cc3)c(=O)n2C1c1c(OC)ccc2ccccc12. The Balaban J connectivity index is 1.84. The van der Waals surface area contributed by atoms with Crippen LogP contribution in [-0.4, -0.2) is 24.3 Å². The molecule has 0 saturated heterocycles. The summed E-state index contributed by atoms with van der Waals surface area (Å²) in [6.45, 7) is 3.75. The van der Waals surface area contributed by atoms with Gasteiger partial charge in [-0.15, -0.1) is 0 Å². The molecule has 1 unspecified atom stereocenters. The maximum Gasteiger partial charge on any atom is 0.338 e. The first-order valence-electron chi connectivity index (χ1n) is 11.4. The molecule has 3 aromatic carbocycles. The summed E-state index contributed by atoms with van der Waals surface area (Å²) < 4.78 is 14.3. The fourth-order valence-electron chi connectivity index (χ4n) is 4.51. The fraction of sp³-hybridized carbons (Fsp3) is 0.179. The Morgan fingerprint density at radius 2 is 1.89 bits per heavy atom.